The van der Waals surface area contributed by atoms with Gasteiger partial charge >= 0.3 is 17.9 Å². The van der Waals surface area contributed by atoms with Gasteiger partial charge in [-0.2, -0.15) is 8.78 Å². The maximum absolute atomic E-state index is 13.9. The Morgan fingerprint density at radius 3 is 2.07 bits per heavy atom. The highest BCUT2D eigenvalue weighted by atomic mass is 19.3. The minimum Gasteiger partial charge on any atom is -0.477 e. The number of carbonyl (C=O) groups excluding carboxylic acids is 1. The average Bonchev–Trinajstić information content (AvgIpc) is 2.67. The predicted molar refractivity (Wildman–Crippen MR) is 91.7 cm³/mol. The molecule has 0 aliphatic rings. The van der Waals surface area contributed by atoms with Crippen LogP contribution in [0, 0.1) is 5.92 Å². The summed E-state index contributed by atoms with van der Waals surface area (Å²) < 4.78 is 32.8. The average molecular weight is 379 g/mol. The van der Waals surface area contributed by atoms with Crippen LogP contribution in [0.1, 0.15) is 17.2 Å². The Morgan fingerprint density at radius 1 is 1.04 bits per heavy atom. The molecule has 2 aromatic carbocycles. The molecule has 0 spiro atoms. The molecule has 3 atom stereocenters. The van der Waals surface area contributed by atoms with E-state index in [0.29, 0.717) is 5.56 Å². The van der Waals surface area contributed by atoms with Gasteiger partial charge in [0.05, 0.1) is 0 Å². The molecular weight excluding hydrogens is 360 g/mol. The molecule has 6 nitrogen and oxygen atoms in total. The first-order chi connectivity index (χ1) is 12.7. The molecule has 27 heavy (non-hydrogen) atoms. The quantitative estimate of drug-likeness (QED) is 0.606. The van der Waals surface area contributed by atoms with Crippen molar-refractivity contribution in [3.05, 3.63) is 71.8 Å². The summed E-state index contributed by atoms with van der Waals surface area (Å²) >= 11 is 0. The summed E-state index contributed by atoms with van der Waals surface area (Å²) in [5.74, 6) is -10.3. The Hall–Kier alpha value is -2.84. The molecule has 0 radical (unpaired) electrons. The van der Waals surface area contributed by atoms with Gasteiger partial charge in [0, 0.05) is 6.04 Å². The third-order valence-electron chi connectivity index (χ3n) is 4.06. The third kappa shape index (κ3) is 4.87. The summed E-state index contributed by atoms with van der Waals surface area (Å²) in [6.45, 7) is -0.233. The zero-order valence-corrected chi connectivity index (χ0v) is 14.2. The molecule has 4 N–H and O–H groups in total. The molecule has 0 fully saturated rings. The number of carboxylic acid groups (broad SMARTS) is 1. The lowest BCUT2D eigenvalue weighted by Crippen LogP contribution is -2.51. The fourth-order valence-corrected chi connectivity index (χ4v) is 2.53. The summed E-state index contributed by atoms with van der Waals surface area (Å²) in [7, 11) is 0. The molecule has 0 amide bonds. The Balaban J connectivity index is 2.28. The number of aliphatic hydroxyl groups excluding tert-OH is 1. The van der Waals surface area contributed by atoms with E-state index >= 15 is 0 Å². The number of benzene rings is 2. The number of halogens is 2. The van der Waals surface area contributed by atoms with Crippen molar-refractivity contribution in [2.75, 3.05) is 0 Å². The number of hydrogen-bond acceptors (Lipinski definition) is 5. The van der Waals surface area contributed by atoms with E-state index in [1.165, 1.54) is 12.1 Å². The van der Waals surface area contributed by atoms with E-state index in [1.54, 1.807) is 48.5 Å². The second kappa shape index (κ2) is 8.70. The smallest absolute Gasteiger partial charge is 0.377 e. The number of carboxylic acids is 1. The minimum absolute atomic E-state index is 0.233. The summed E-state index contributed by atoms with van der Waals surface area (Å²) in [5.41, 5.74) is 6.79. The molecule has 0 saturated carbocycles. The molecule has 2 aromatic rings. The van der Waals surface area contributed by atoms with E-state index in [4.69, 9.17) is 15.6 Å². The van der Waals surface area contributed by atoms with Crippen LogP contribution in [0.2, 0.25) is 0 Å². The van der Waals surface area contributed by atoms with Gasteiger partial charge in [-0.15, -0.1) is 0 Å². The Labute approximate surface area is 154 Å². The fraction of sp³-hybridized carbons (Fsp3) is 0.263. The first-order valence-electron chi connectivity index (χ1n) is 8.05. The van der Waals surface area contributed by atoms with Gasteiger partial charge in [0.1, 0.15) is 18.6 Å². The highest BCUT2D eigenvalue weighted by Crippen LogP contribution is 2.32. The molecule has 0 aromatic heterocycles. The van der Waals surface area contributed by atoms with Crippen molar-refractivity contribution in [2.24, 2.45) is 11.7 Å². The van der Waals surface area contributed by atoms with Crippen molar-refractivity contribution in [3.63, 3.8) is 0 Å². The summed E-state index contributed by atoms with van der Waals surface area (Å²) in [6, 6.07) is 14.8. The van der Waals surface area contributed by atoms with Gasteiger partial charge in [-0.05, 0) is 11.1 Å². The maximum Gasteiger partial charge on any atom is 0.377 e. The number of nitrogens with two attached hydrogens (primary N) is 1. The molecule has 3 unspecified atom stereocenters. The van der Waals surface area contributed by atoms with Gasteiger partial charge in [0.2, 0.25) is 0 Å². The Bertz CT molecular complexity index is 770. The van der Waals surface area contributed by atoms with Crippen molar-refractivity contribution in [1.82, 2.24) is 0 Å². The molecule has 0 aliphatic carbocycles. The zero-order valence-electron chi connectivity index (χ0n) is 14.2. The number of rotatable bonds is 8. The predicted octanol–water partition coefficient (Wildman–Crippen LogP) is 2.13. The van der Waals surface area contributed by atoms with E-state index in [9.17, 15) is 23.5 Å². The zero-order chi connectivity index (χ0) is 20.0. The Morgan fingerprint density at radius 2 is 1.56 bits per heavy atom. The topological polar surface area (TPSA) is 110 Å². The van der Waals surface area contributed by atoms with Crippen LogP contribution in [0.3, 0.4) is 0 Å². The maximum atomic E-state index is 13.9. The highest BCUT2D eigenvalue weighted by Gasteiger charge is 2.54. The van der Waals surface area contributed by atoms with Crippen LogP contribution < -0.4 is 5.73 Å². The number of aliphatic hydroxyl groups is 1. The van der Waals surface area contributed by atoms with E-state index in [-0.39, 0.29) is 12.2 Å². The second-order valence-electron chi connectivity index (χ2n) is 5.93. The van der Waals surface area contributed by atoms with E-state index in [2.05, 4.69) is 0 Å². The molecule has 2 rings (SSSR count). The van der Waals surface area contributed by atoms with Gasteiger partial charge in [-0.3, -0.25) is 4.79 Å². The number of aliphatic carboxylic acids is 1. The van der Waals surface area contributed by atoms with Crippen LogP contribution in [0.25, 0.3) is 0 Å². The van der Waals surface area contributed by atoms with Crippen molar-refractivity contribution in [2.45, 2.75) is 24.7 Å². The van der Waals surface area contributed by atoms with Crippen LogP contribution in [0.4, 0.5) is 8.78 Å². The van der Waals surface area contributed by atoms with Crippen LogP contribution in [-0.2, 0) is 20.9 Å². The minimum atomic E-state index is -4.58. The third-order valence-corrected chi connectivity index (χ3v) is 4.06. The number of carbonyl (C=O) groups is 2. The van der Waals surface area contributed by atoms with Crippen LogP contribution in [-0.4, -0.2) is 34.2 Å². The van der Waals surface area contributed by atoms with Gasteiger partial charge in [0.25, 0.3) is 0 Å². The van der Waals surface area contributed by atoms with E-state index in [0.717, 1.165) is 0 Å². The Kier molecular flexibility index (Phi) is 6.59. The molecule has 0 bridgehead atoms. The molecule has 0 aliphatic heterocycles. The second-order valence-corrected chi connectivity index (χ2v) is 5.93. The molecule has 144 valence electrons. The van der Waals surface area contributed by atoms with Crippen LogP contribution >= 0.6 is 0 Å². The van der Waals surface area contributed by atoms with E-state index < -0.39 is 35.9 Å². The molecular formula is C19H19F2NO5. The van der Waals surface area contributed by atoms with Crippen LogP contribution in [0.15, 0.2) is 60.7 Å². The standard InChI is InChI=1S/C19H19F2NO5/c20-19(21,18(25)26)16(23)14(15(22)13-9-5-2-6-10-13)17(24)27-11-12-7-3-1-4-8-12/h1-10,14-16,23H,11,22H2,(H,25,26). The summed E-state index contributed by atoms with van der Waals surface area (Å²) in [5, 5.41) is 18.7. The first-order valence-corrected chi connectivity index (χ1v) is 8.05. The van der Waals surface area contributed by atoms with Crippen molar-refractivity contribution in [3.8, 4) is 0 Å². The lowest BCUT2D eigenvalue weighted by molar-refractivity contribution is -0.194. The largest absolute Gasteiger partial charge is 0.477 e. The first kappa shape index (κ1) is 20.5. The number of alkyl halides is 2. The molecule has 8 heteroatoms. The normalized spacial score (nSPS) is 14.8. The van der Waals surface area contributed by atoms with Crippen LogP contribution in [0.5, 0.6) is 0 Å². The number of hydrogen-bond donors (Lipinski definition) is 3. The van der Waals surface area contributed by atoms with E-state index in [1.807, 2.05) is 0 Å². The fourth-order valence-electron chi connectivity index (χ4n) is 2.53. The highest BCUT2D eigenvalue weighted by molar-refractivity contribution is 5.80. The lowest BCUT2D eigenvalue weighted by atomic mass is 9.86. The van der Waals surface area contributed by atoms with Gasteiger partial charge in [-0.1, -0.05) is 60.7 Å². The van der Waals surface area contributed by atoms with Crippen molar-refractivity contribution in [1.29, 1.82) is 0 Å². The van der Waals surface area contributed by atoms with Gasteiger partial charge in [0.15, 0.2) is 0 Å². The van der Waals surface area contributed by atoms with Crippen molar-refractivity contribution < 1.29 is 33.3 Å². The van der Waals surface area contributed by atoms with Gasteiger partial charge in [-0.25, -0.2) is 4.79 Å². The number of esters is 1. The monoisotopic (exact) mass is 379 g/mol. The summed E-state index contributed by atoms with van der Waals surface area (Å²) in [6.07, 6.45) is -2.87. The van der Waals surface area contributed by atoms with Gasteiger partial charge < -0.3 is 20.7 Å². The number of ether oxygens (including phenoxy) is 1. The molecule has 0 heterocycles. The molecule has 0 saturated heterocycles. The van der Waals surface area contributed by atoms with Crippen molar-refractivity contribution >= 4 is 11.9 Å². The summed E-state index contributed by atoms with van der Waals surface area (Å²) in [4.78, 5) is 23.3. The lowest BCUT2D eigenvalue weighted by Gasteiger charge is -2.30. The SMILES string of the molecule is NC(c1ccccc1)C(C(=O)OCc1ccccc1)C(O)C(F)(F)C(=O)O.